The fourth-order valence-corrected chi connectivity index (χ4v) is 3.15. The summed E-state index contributed by atoms with van der Waals surface area (Å²) in [5.74, 6) is -1.57. The largest absolute Gasteiger partial charge is 0.375 e. The van der Waals surface area contributed by atoms with Crippen LogP contribution in [0.2, 0.25) is 0 Å². The maximum atomic E-state index is 13.3. The molecule has 0 radical (unpaired) electrons. The van der Waals surface area contributed by atoms with E-state index in [9.17, 15) is 18.4 Å². The Balaban J connectivity index is 1.61. The molecule has 9 heteroatoms. The van der Waals surface area contributed by atoms with Gasteiger partial charge >= 0.3 is 0 Å². The first-order valence-corrected chi connectivity index (χ1v) is 9.21. The van der Waals surface area contributed by atoms with Gasteiger partial charge in [-0.3, -0.25) is 9.59 Å². The molecule has 2 heterocycles. The van der Waals surface area contributed by atoms with Crippen molar-refractivity contribution >= 4 is 23.3 Å². The maximum absolute atomic E-state index is 13.3. The van der Waals surface area contributed by atoms with Crippen LogP contribution in [0.5, 0.6) is 0 Å². The quantitative estimate of drug-likeness (QED) is 0.828. The van der Waals surface area contributed by atoms with Gasteiger partial charge in [-0.25, -0.2) is 13.8 Å². The Morgan fingerprint density at radius 3 is 2.52 bits per heavy atom. The zero-order valence-electron chi connectivity index (χ0n) is 16.0. The molecule has 0 unspecified atom stereocenters. The van der Waals surface area contributed by atoms with Crippen LogP contribution in [0.1, 0.15) is 16.8 Å². The number of carbonyl (C=O) groups excluding carboxylic acids is 2. The van der Waals surface area contributed by atoms with Gasteiger partial charge in [0.05, 0.1) is 11.9 Å². The highest BCUT2D eigenvalue weighted by Crippen LogP contribution is 2.18. The molecule has 0 aliphatic carbocycles. The molecule has 1 aromatic heterocycles. The van der Waals surface area contributed by atoms with Gasteiger partial charge in [0.25, 0.3) is 5.91 Å². The number of hydrogen-bond acceptors (Lipinski definition) is 5. The molecule has 7 nitrogen and oxygen atoms in total. The Labute approximate surface area is 167 Å². The van der Waals surface area contributed by atoms with Gasteiger partial charge in [-0.15, -0.1) is 0 Å². The lowest BCUT2D eigenvalue weighted by molar-refractivity contribution is -0.134. The highest BCUT2D eigenvalue weighted by molar-refractivity contribution is 6.04. The summed E-state index contributed by atoms with van der Waals surface area (Å²) >= 11 is 0. The van der Waals surface area contributed by atoms with Gasteiger partial charge in [0.15, 0.2) is 0 Å². The second kappa shape index (κ2) is 9.42. The van der Waals surface area contributed by atoms with E-state index >= 15 is 0 Å². The summed E-state index contributed by atoms with van der Waals surface area (Å²) in [4.78, 5) is 32.4. The molecule has 2 aromatic rings. The van der Waals surface area contributed by atoms with E-state index in [4.69, 9.17) is 4.74 Å². The fourth-order valence-electron chi connectivity index (χ4n) is 3.15. The number of benzene rings is 1. The lowest BCUT2D eigenvalue weighted by atomic mass is 10.2. The van der Waals surface area contributed by atoms with E-state index in [0.29, 0.717) is 31.4 Å². The van der Waals surface area contributed by atoms with Gasteiger partial charge in [-0.05, 0) is 30.7 Å². The fraction of sp³-hybridized carbons (Fsp3) is 0.350. The molecule has 154 valence electrons. The zero-order chi connectivity index (χ0) is 20.8. The van der Waals surface area contributed by atoms with Crippen molar-refractivity contribution in [1.82, 2.24) is 9.88 Å². The van der Waals surface area contributed by atoms with Crippen molar-refractivity contribution in [2.24, 2.45) is 0 Å². The molecule has 2 amide bonds. The van der Waals surface area contributed by atoms with Crippen LogP contribution < -0.4 is 10.2 Å². The number of methoxy groups -OCH3 is 1. The number of nitrogens with one attached hydrogen (secondary N) is 1. The van der Waals surface area contributed by atoms with Crippen LogP contribution in [0.3, 0.4) is 0 Å². The molecule has 0 saturated carbocycles. The highest BCUT2D eigenvalue weighted by Gasteiger charge is 2.19. The number of anilines is 2. The molecule has 1 aliphatic rings. The molecule has 0 spiro atoms. The van der Waals surface area contributed by atoms with Crippen LogP contribution in [0.25, 0.3) is 0 Å². The summed E-state index contributed by atoms with van der Waals surface area (Å²) in [7, 11) is 1.50. The number of pyridine rings is 1. The third-order valence-electron chi connectivity index (χ3n) is 4.57. The van der Waals surface area contributed by atoms with E-state index in [1.807, 2.05) is 0 Å². The number of amides is 2. The van der Waals surface area contributed by atoms with Crippen LogP contribution in [-0.2, 0) is 9.53 Å². The first-order valence-electron chi connectivity index (χ1n) is 9.21. The number of rotatable bonds is 5. The minimum Gasteiger partial charge on any atom is -0.375 e. The average Bonchev–Trinajstić information content (AvgIpc) is 2.94. The molecule has 1 fully saturated rings. The van der Waals surface area contributed by atoms with Gasteiger partial charge in [-0.1, -0.05) is 0 Å². The lowest BCUT2D eigenvalue weighted by Gasteiger charge is -2.23. The molecule has 1 aliphatic heterocycles. The van der Waals surface area contributed by atoms with Gasteiger partial charge in [0, 0.05) is 44.9 Å². The van der Waals surface area contributed by atoms with E-state index in [1.54, 1.807) is 17.0 Å². The minimum atomic E-state index is -0.817. The SMILES string of the molecule is COCC(=O)N1CCCN(c2ccc(NC(=O)c3cc(F)cc(F)c3)cn2)CC1. The van der Waals surface area contributed by atoms with Crippen molar-refractivity contribution in [3.63, 3.8) is 0 Å². The van der Waals surface area contributed by atoms with Gasteiger partial charge in [0.1, 0.15) is 24.1 Å². The summed E-state index contributed by atoms with van der Waals surface area (Å²) in [6, 6.07) is 6.07. The van der Waals surface area contributed by atoms with Crippen molar-refractivity contribution < 1.29 is 23.1 Å². The molecule has 29 heavy (non-hydrogen) atoms. The predicted molar refractivity (Wildman–Crippen MR) is 104 cm³/mol. The Hall–Kier alpha value is -3.07. The van der Waals surface area contributed by atoms with Crippen LogP contribution in [-0.4, -0.2) is 61.6 Å². The van der Waals surface area contributed by atoms with Crippen LogP contribution in [0, 0.1) is 11.6 Å². The van der Waals surface area contributed by atoms with Crippen LogP contribution in [0.4, 0.5) is 20.3 Å². The van der Waals surface area contributed by atoms with Gasteiger partial charge < -0.3 is 19.9 Å². The van der Waals surface area contributed by atoms with Crippen molar-refractivity contribution in [3.05, 3.63) is 53.7 Å². The van der Waals surface area contributed by atoms with Crippen LogP contribution in [0.15, 0.2) is 36.5 Å². The summed E-state index contributed by atoms with van der Waals surface area (Å²) in [5.41, 5.74) is 0.301. The normalized spacial score (nSPS) is 14.4. The standard InChI is InChI=1S/C20H22F2N4O3/c1-29-13-19(27)26-6-2-5-25(7-8-26)18-4-3-17(12-23-18)24-20(28)14-9-15(21)11-16(22)10-14/h3-4,9-12H,2,5-8,13H2,1H3,(H,24,28). The topological polar surface area (TPSA) is 74.8 Å². The summed E-state index contributed by atoms with van der Waals surface area (Å²) in [6.07, 6.45) is 2.29. The highest BCUT2D eigenvalue weighted by atomic mass is 19.1. The van der Waals surface area contributed by atoms with Crippen molar-refractivity contribution in [1.29, 1.82) is 0 Å². The third-order valence-corrected chi connectivity index (χ3v) is 4.57. The first-order chi connectivity index (χ1) is 14.0. The molecule has 3 rings (SSSR count). The lowest BCUT2D eigenvalue weighted by Crippen LogP contribution is -2.37. The van der Waals surface area contributed by atoms with E-state index < -0.39 is 17.5 Å². The smallest absolute Gasteiger partial charge is 0.255 e. The second-order valence-corrected chi connectivity index (χ2v) is 6.67. The number of halogens is 2. The first kappa shape index (κ1) is 20.7. The van der Waals surface area contributed by atoms with E-state index in [-0.39, 0.29) is 18.1 Å². The Morgan fingerprint density at radius 1 is 1.10 bits per heavy atom. The van der Waals surface area contributed by atoms with E-state index in [1.165, 1.54) is 13.3 Å². The average molecular weight is 404 g/mol. The number of hydrogen-bond donors (Lipinski definition) is 1. The monoisotopic (exact) mass is 404 g/mol. The zero-order valence-corrected chi connectivity index (χ0v) is 16.0. The predicted octanol–water partition coefficient (Wildman–Crippen LogP) is 2.30. The number of carbonyl (C=O) groups is 2. The van der Waals surface area contributed by atoms with Crippen LogP contribution >= 0.6 is 0 Å². The molecular weight excluding hydrogens is 382 g/mol. The Bertz CT molecular complexity index is 856. The molecule has 1 N–H and O–H groups in total. The van der Waals surface area contributed by atoms with Crippen molar-refractivity contribution in [2.75, 3.05) is 50.1 Å². The third kappa shape index (κ3) is 5.47. The van der Waals surface area contributed by atoms with E-state index in [2.05, 4.69) is 15.2 Å². The maximum Gasteiger partial charge on any atom is 0.255 e. The number of aromatic nitrogens is 1. The number of nitrogens with zero attached hydrogens (tertiary/aromatic N) is 3. The Morgan fingerprint density at radius 2 is 1.86 bits per heavy atom. The van der Waals surface area contributed by atoms with E-state index in [0.717, 1.165) is 30.9 Å². The second-order valence-electron chi connectivity index (χ2n) is 6.67. The van der Waals surface area contributed by atoms with Crippen molar-refractivity contribution in [2.45, 2.75) is 6.42 Å². The van der Waals surface area contributed by atoms with Crippen molar-refractivity contribution in [3.8, 4) is 0 Å². The van der Waals surface area contributed by atoms with Gasteiger partial charge in [0.2, 0.25) is 5.91 Å². The molecule has 0 bridgehead atoms. The molecule has 0 atom stereocenters. The minimum absolute atomic E-state index is 0.0332. The molecule has 1 aromatic carbocycles. The Kier molecular flexibility index (Phi) is 6.71. The summed E-state index contributed by atoms with van der Waals surface area (Å²) in [5, 5.41) is 2.57. The molecule has 1 saturated heterocycles. The number of ether oxygens (including phenoxy) is 1. The molecular formula is C20H22F2N4O3. The summed E-state index contributed by atoms with van der Waals surface area (Å²) in [6.45, 7) is 2.70. The van der Waals surface area contributed by atoms with Gasteiger partial charge in [-0.2, -0.15) is 0 Å². The summed E-state index contributed by atoms with van der Waals surface area (Å²) < 4.78 is 31.4.